The van der Waals surface area contributed by atoms with Crippen LogP contribution in [-0.2, 0) is 13.1 Å². The topological polar surface area (TPSA) is 6.48 Å². The van der Waals surface area contributed by atoms with E-state index in [9.17, 15) is 8.78 Å². The van der Waals surface area contributed by atoms with Gasteiger partial charge in [0.05, 0.1) is 6.17 Å². The van der Waals surface area contributed by atoms with Crippen molar-refractivity contribution in [2.75, 3.05) is 13.1 Å². The van der Waals surface area contributed by atoms with E-state index in [2.05, 4.69) is 9.80 Å². The van der Waals surface area contributed by atoms with Crippen molar-refractivity contribution in [2.24, 2.45) is 0 Å². The molecule has 29 heavy (non-hydrogen) atoms. The molecule has 1 fully saturated rings. The van der Waals surface area contributed by atoms with Crippen LogP contribution in [0.1, 0.15) is 29.3 Å². The quantitative estimate of drug-likeness (QED) is 0.505. The maximum atomic E-state index is 14.8. The standard InChI is InChI=1S/C24H23ClF2N2/c25-21-11-4-1-8-18(21)16-28-14-7-15-29(17-19-9-2-5-12-22(19)26)24(28)20-10-3-6-13-23(20)27/h1-6,8-13,24H,7,14-17H2/t24-/m1/s1. The average molecular weight is 413 g/mol. The van der Waals surface area contributed by atoms with Gasteiger partial charge < -0.3 is 0 Å². The van der Waals surface area contributed by atoms with E-state index in [-0.39, 0.29) is 17.8 Å². The Kier molecular flexibility index (Phi) is 6.24. The van der Waals surface area contributed by atoms with Crippen LogP contribution in [0.3, 0.4) is 0 Å². The Hall–Kier alpha value is -2.27. The van der Waals surface area contributed by atoms with E-state index in [4.69, 9.17) is 11.6 Å². The van der Waals surface area contributed by atoms with Gasteiger partial charge in [0.2, 0.25) is 0 Å². The summed E-state index contributed by atoms with van der Waals surface area (Å²) >= 11 is 6.39. The van der Waals surface area contributed by atoms with E-state index >= 15 is 0 Å². The Morgan fingerprint density at radius 2 is 1.28 bits per heavy atom. The van der Waals surface area contributed by atoms with Crippen LogP contribution in [0.2, 0.25) is 5.02 Å². The zero-order valence-electron chi connectivity index (χ0n) is 16.1. The summed E-state index contributed by atoms with van der Waals surface area (Å²) < 4.78 is 29.1. The summed E-state index contributed by atoms with van der Waals surface area (Å²) in [6.07, 6.45) is 0.630. The Morgan fingerprint density at radius 3 is 1.93 bits per heavy atom. The van der Waals surface area contributed by atoms with Gasteiger partial charge in [0.1, 0.15) is 11.6 Å². The Bertz CT molecular complexity index is 923. The second-order valence-electron chi connectivity index (χ2n) is 7.37. The van der Waals surface area contributed by atoms with Crippen molar-refractivity contribution in [1.82, 2.24) is 9.80 Å². The Balaban J connectivity index is 1.69. The van der Waals surface area contributed by atoms with Crippen molar-refractivity contribution >= 4 is 11.6 Å². The van der Waals surface area contributed by atoms with E-state index < -0.39 is 0 Å². The zero-order chi connectivity index (χ0) is 20.2. The van der Waals surface area contributed by atoms with Crippen LogP contribution in [0.4, 0.5) is 8.78 Å². The number of benzene rings is 3. The van der Waals surface area contributed by atoms with E-state index in [1.807, 2.05) is 42.5 Å². The van der Waals surface area contributed by atoms with E-state index in [1.165, 1.54) is 12.1 Å². The number of nitrogens with zero attached hydrogens (tertiary/aromatic N) is 2. The van der Waals surface area contributed by atoms with E-state index in [0.29, 0.717) is 29.2 Å². The van der Waals surface area contributed by atoms with Crippen molar-refractivity contribution < 1.29 is 8.78 Å². The predicted molar refractivity (Wildman–Crippen MR) is 112 cm³/mol. The highest BCUT2D eigenvalue weighted by Gasteiger charge is 2.33. The number of rotatable bonds is 5. The summed E-state index contributed by atoms with van der Waals surface area (Å²) in [7, 11) is 0. The van der Waals surface area contributed by atoms with Gasteiger partial charge in [-0.1, -0.05) is 66.2 Å². The highest BCUT2D eigenvalue weighted by Crippen LogP contribution is 2.34. The minimum Gasteiger partial charge on any atom is -0.280 e. The van der Waals surface area contributed by atoms with Crippen LogP contribution in [-0.4, -0.2) is 22.9 Å². The third-order valence-electron chi connectivity index (χ3n) is 5.43. The highest BCUT2D eigenvalue weighted by atomic mass is 35.5. The molecule has 4 rings (SSSR count). The number of halogens is 3. The van der Waals surface area contributed by atoms with Gasteiger partial charge in [0.25, 0.3) is 0 Å². The van der Waals surface area contributed by atoms with Crippen molar-refractivity contribution in [3.05, 3.63) is 106 Å². The first-order valence-electron chi connectivity index (χ1n) is 9.83. The van der Waals surface area contributed by atoms with Crippen molar-refractivity contribution in [3.63, 3.8) is 0 Å². The van der Waals surface area contributed by atoms with Crippen LogP contribution in [0.15, 0.2) is 72.8 Å². The molecule has 1 aliphatic heterocycles. The third-order valence-corrected chi connectivity index (χ3v) is 5.80. The maximum Gasteiger partial charge on any atom is 0.129 e. The highest BCUT2D eigenvalue weighted by molar-refractivity contribution is 6.31. The molecule has 1 aliphatic rings. The molecule has 0 spiro atoms. The normalized spacial score (nSPS) is 18.1. The van der Waals surface area contributed by atoms with Gasteiger partial charge in [-0.2, -0.15) is 0 Å². The minimum absolute atomic E-state index is 0.233. The summed E-state index contributed by atoms with van der Waals surface area (Å²) in [6.45, 7) is 2.61. The van der Waals surface area contributed by atoms with Crippen molar-refractivity contribution in [2.45, 2.75) is 25.7 Å². The number of hydrogen-bond acceptors (Lipinski definition) is 2. The molecule has 0 aromatic heterocycles. The van der Waals surface area contributed by atoms with Gasteiger partial charge >= 0.3 is 0 Å². The molecule has 3 aromatic carbocycles. The molecule has 1 atom stereocenters. The molecule has 0 amide bonds. The molecule has 0 N–H and O–H groups in total. The van der Waals surface area contributed by atoms with Crippen LogP contribution < -0.4 is 0 Å². The van der Waals surface area contributed by atoms with Crippen molar-refractivity contribution in [1.29, 1.82) is 0 Å². The SMILES string of the molecule is Fc1ccccc1CN1CCCN(Cc2ccccc2Cl)[C@H]1c1ccccc1F. The molecule has 5 heteroatoms. The summed E-state index contributed by atoms with van der Waals surface area (Å²) in [5.74, 6) is -0.481. The first kappa shape index (κ1) is 20.0. The molecule has 150 valence electrons. The molecule has 1 heterocycles. The van der Waals surface area contributed by atoms with Crippen LogP contribution in [0, 0.1) is 11.6 Å². The molecular formula is C24H23ClF2N2. The van der Waals surface area contributed by atoms with Gasteiger partial charge in [-0.25, -0.2) is 8.78 Å². The van der Waals surface area contributed by atoms with Gasteiger partial charge in [-0.15, -0.1) is 0 Å². The molecule has 2 nitrogen and oxygen atoms in total. The fraction of sp³-hybridized carbons (Fsp3) is 0.250. The van der Waals surface area contributed by atoms with Crippen LogP contribution >= 0.6 is 11.6 Å². The summed E-state index contributed by atoms with van der Waals surface area (Å²) in [6, 6.07) is 21.4. The maximum absolute atomic E-state index is 14.8. The average Bonchev–Trinajstić information content (AvgIpc) is 2.72. The smallest absolute Gasteiger partial charge is 0.129 e. The van der Waals surface area contributed by atoms with E-state index in [0.717, 1.165) is 25.1 Å². The fourth-order valence-corrected chi connectivity index (χ4v) is 4.25. The summed E-state index contributed by atoms with van der Waals surface area (Å²) in [5.41, 5.74) is 2.23. The predicted octanol–water partition coefficient (Wildman–Crippen LogP) is 6.02. The zero-order valence-corrected chi connectivity index (χ0v) is 16.8. The third kappa shape index (κ3) is 4.50. The lowest BCUT2D eigenvalue weighted by Gasteiger charge is -2.44. The molecular weight excluding hydrogens is 390 g/mol. The molecule has 0 unspecified atom stereocenters. The lowest BCUT2D eigenvalue weighted by atomic mass is 10.0. The minimum atomic E-state index is -0.291. The van der Waals surface area contributed by atoms with Gasteiger partial charge in [0.15, 0.2) is 0 Å². The van der Waals surface area contributed by atoms with Crippen LogP contribution in [0.25, 0.3) is 0 Å². The second kappa shape index (κ2) is 9.04. The molecule has 0 radical (unpaired) electrons. The molecule has 3 aromatic rings. The van der Waals surface area contributed by atoms with Gasteiger partial charge in [-0.3, -0.25) is 9.80 Å². The monoisotopic (exact) mass is 412 g/mol. The van der Waals surface area contributed by atoms with Crippen LogP contribution in [0.5, 0.6) is 0 Å². The summed E-state index contributed by atoms with van der Waals surface area (Å²) in [5, 5.41) is 0.700. The largest absolute Gasteiger partial charge is 0.280 e. The van der Waals surface area contributed by atoms with E-state index in [1.54, 1.807) is 18.2 Å². The summed E-state index contributed by atoms with van der Waals surface area (Å²) in [4.78, 5) is 4.38. The first-order chi connectivity index (χ1) is 14.1. The van der Waals surface area contributed by atoms with Gasteiger partial charge in [-0.05, 0) is 30.2 Å². The molecule has 0 bridgehead atoms. The molecule has 0 aliphatic carbocycles. The van der Waals surface area contributed by atoms with Crippen molar-refractivity contribution in [3.8, 4) is 0 Å². The second-order valence-corrected chi connectivity index (χ2v) is 7.78. The first-order valence-corrected chi connectivity index (χ1v) is 10.2. The molecule has 0 saturated carbocycles. The number of hydrogen-bond donors (Lipinski definition) is 0. The van der Waals surface area contributed by atoms with Gasteiger partial charge in [0, 0.05) is 42.3 Å². The molecule has 1 saturated heterocycles. The Morgan fingerprint density at radius 1 is 0.724 bits per heavy atom. The lowest BCUT2D eigenvalue weighted by Crippen LogP contribution is -2.47. The fourth-order valence-electron chi connectivity index (χ4n) is 4.05. The lowest BCUT2D eigenvalue weighted by molar-refractivity contribution is -0.0116. The Labute approximate surface area is 175 Å².